The second-order valence-corrected chi connectivity index (χ2v) is 4.32. The minimum Gasteiger partial charge on any atom is -0.450 e. The summed E-state index contributed by atoms with van der Waals surface area (Å²) in [7, 11) is 0. The summed E-state index contributed by atoms with van der Waals surface area (Å²) in [6, 6.07) is 0.531. The molecule has 1 saturated heterocycles. The lowest BCUT2D eigenvalue weighted by atomic mass is 9.95. The van der Waals surface area contributed by atoms with Crippen LogP contribution in [0.4, 0.5) is 4.79 Å². The molecular formula is C10H19NO3. The number of ether oxygens (including phenoxy) is 1. The molecular weight excluding hydrogens is 182 g/mol. The van der Waals surface area contributed by atoms with Crippen LogP contribution in [0.1, 0.15) is 33.1 Å². The number of nitrogens with one attached hydrogen (secondary N) is 1. The van der Waals surface area contributed by atoms with Gasteiger partial charge in [-0.15, -0.1) is 0 Å². The van der Waals surface area contributed by atoms with Gasteiger partial charge in [0.1, 0.15) is 6.10 Å². The van der Waals surface area contributed by atoms with E-state index in [9.17, 15) is 4.79 Å². The van der Waals surface area contributed by atoms with E-state index in [-0.39, 0.29) is 6.10 Å². The Balaban J connectivity index is 2.21. The molecule has 82 valence electrons. The number of hydrogen-bond donors (Lipinski definition) is 2. The number of rotatable bonds is 3. The van der Waals surface area contributed by atoms with Gasteiger partial charge in [0.15, 0.2) is 0 Å². The van der Waals surface area contributed by atoms with Crippen molar-refractivity contribution >= 4 is 6.16 Å². The van der Waals surface area contributed by atoms with Crippen LogP contribution >= 0.6 is 0 Å². The van der Waals surface area contributed by atoms with Gasteiger partial charge in [-0.1, -0.05) is 13.8 Å². The first-order valence-electron chi connectivity index (χ1n) is 5.21. The van der Waals surface area contributed by atoms with Crippen LogP contribution < -0.4 is 5.32 Å². The summed E-state index contributed by atoms with van der Waals surface area (Å²) >= 11 is 0. The fourth-order valence-corrected chi connectivity index (χ4v) is 1.90. The summed E-state index contributed by atoms with van der Waals surface area (Å²) in [6.07, 6.45) is 1.68. The minimum atomic E-state index is -1.17. The first-order valence-corrected chi connectivity index (χ1v) is 5.21. The summed E-state index contributed by atoms with van der Waals surface area (Å²) in [4.78, 5) is 10.3. The van der Waals surface area contributed by atoms with E-state index in [1.165, 1.54) is 0 Å². The number of carboxylic acid groups (broad SMARTS) is 1. The van der Waals surface area contributed by atoms with Crippen LogP contribution in [0.2, 0.25) is 0 Å². The molecule has 2 N–H and O–H groups in total. The van der Waals surface area contributed by atoms with Crippen molar-refractivity contribution in [3.63, 3.8) is 0 Å². The molecule has 1 heterocycles. The number of carbonyl (C=O) groups is 1. The Hall–Kier alpha value is -0.770. The third kappa shape index (κ3) is 3.96. The summed E-state index contributed by atoms with van der Waals surface area (Å²) in [6.45, 7) is 5.05. The highest BCUT2D eigenvalue weighted by Gasteiger charge is 2.23. The quantitative estimate of drug-likeness (QED) is 0.684. The van der Waals surface area contributed by atoms with E-state index in [0.717, 1.165) is 19.3 Å². The van der Waals surface area contributed by atoms with Gasteiger partial charge in [0.2, 0.25) is 0 Å². The van der Waals surface area contributed by atoms with E-state index >= 15 is 0 Å². The molecule has 0 amide bonds. The zero-order chi connectivity index (χ0) is 10.6. The Labute approximate surface area is 84.6 Å². The van der Waals surface area contributed by atoms with Crippen LogP contribution in [0.3, 0.4) is 0 Å². The van der Waals surface area contributed by atoms with Crippen molar-refractivity contribution in [3.05, 3.63) is 0 Å². The number of piperidine rings is 1. The minimum absolute atomic E-state index is 0.157. The monoisotopic (exact) mass is 201 g/mol. The van der Waals surface area contributed by atoms with Gasteiger partial charge in [-0.05, 0) is 25.2 Å². The van der Waals surface area contributed by atoms with E-state index in [2.05, 4.69) is 19.2 Å². The molecule has 4 heteroatoms. The average molecular weight is 201 g/mol. The van der Waals surface area contributed by atoms with Gasteiger partial charge in [-0.25, -0.2) is 4.79 Å². The summed E-state index contributed by atoms with van der Waals surface area (Å²) in [5, 5.41) is 11.7. The highest BCUT2D eigenvalue weighted by molar-refractivity contribution is 5.57. The Morgan fingerprint density at radius 2 is 2.29 bits per heavy atom. The molecule has 2 unspecified atom stereocenters. The van der Waals surface area contributed by atoms with Crippen molar-refractivity contribution in [2.75, 3.05) is 6.54 Å². The fourth-order valence-electron chi connectivity index (χ4n) is 1.90. The molecule has 4 nitrogen and oxygen atoms in total. The van der Waals surface area contributed by atoms with Crippen molar-refractivity contribution < 1.29 is 14.6 Å². The van der Waals surface area contributed by atoms with Crippen LogP contribution in [0.5, 0.6) is 0 Å². The summed E-state index contributed by atoms with van der Waals surface area (Å²) in [5.41, 5.74) is 0. The maximum absolute atomic E-state index is 10.3. The lowest BCUT2D eigenvalue weighted by molar-refractivity contribution is 0.0351. The second kappa shape index (κ2) is 5.20. The molecule has 0 saturated carbocycles. The molecule has 1 rings (SSSR count). The molecule has 1 fully saturated rings. The van der Waals surface area contributed by atoms with Crippen LogP contribution in [-0.2, 0) is 4.74 Å². The van der Waals surface area contributed by atoms with Crippen LogP contribution in [0.15, 0.2) is 0 Å². The zero-order valence-electron chi connectivity index (χ0n) is 8.82. The van der Waals surface area contributed by atoms with Crippen molar-refractivity contribution in [1.29, 1.82) is 0 Å². The first-order chi connectivity index (χ1) is 6.58. The average Bonchev–Trinajstić information content (AvgIpc) is 2.06. The van der Waals surface area contributed by atoms with E-state index in [1.807, 2.05) is 0 Å². The summed E-state index contributed by atoms with van der Waals surface area (Å²) in [5.74, 6) is 0.685. The van der Waals surface area contributed by atoms with E-state index < -0.39 is 6.16 Å². The summed E-state index contributed by atoms with van der Waals surface area (Å²) < 4.78 is 4.70. The van der Waals surface area contributed by atoms with E-state index in [1.54, 1.807) is 0 Å². The highest BCUT2D eigenvalue weighted by atomic mass is 16.7. The standard InChI is InChI=1S/C10H19NO3/c1-7(2)5-8-3-4-9(6-11-8)14-10(12)13/h7-9,11H,3-6H2,1-2H3,(H,12,13). The van der Waals surface area contributed by atoms with Crippen molar-refractivity contribution in [2.24, 2.45) is 5.92 Å². The first kappa shape index (κ1) is 11.3. The van der Waals surface area contributed by atoms with Gasteiger partial charge in [0, 0.05) is 12.6 Å². The third-order valence-corrected chi connectivity index (χ3v) is 2.49. The Kier molecular flexibility index (Phi) is 4.20. The topological polar surface area (TPSA) is 58.6 Å². The van der Waals surface area contributed by atoms with Gasteiger partial charge in [-0.2, -0.15) is 0 Å². The lowest BCUT2D eigenvalue weighted by Crippen LogP contribution is -2.43. The van der Waals surface area contributed by atoms with Crippen LogP contribution in [0, 0.1) is 5.92 Å². The molecule has 0 aromatic heterocycles. The predicted octanol–water partition coefficient (Wildman–Crippen LogP) is 1.85. The molecule has 0 aliphatic carbocycles. The zero-order valence-corrected chi connectivity index (χ0v) is 8.82. The molecule has 14 heavy (non-hydrogen) atoms. The molecule has 1 aliphatic heterocycles. The Morgan fingerprint density at radius 1 is 1.57 bits per heavy atom. The van der Waals surface area contributed by atoms with Crippen LogP contribution in [-0.4, -0.2) is 30.0 Å². The van der Waals surface area contributed by atoms with Crippen molar-refractivity contribution in [2.45, 2.75) is 45.3 Å². The smallest absolute Gasteiger partial charge is 0.450 e. The molecule has 0 spiro atoms. The van der Waals surface area contributed by atoms with Gasteiger partial charge >= 0.3 is 6.16 Å². The highest BCUT2D eigenvalue weighted by Crippen LogP contribution is 2.16. The normalized spacial score (nSPS) is 27.6. The second-order valence-electron chi connectivity index (χ2n) is 4.32. The van der Waals surface area contributed by atoms with E-state index in [4.69, 9.17) is 9.84 Å². The Bertz CT molecular complexity index is 186. The lowest BCUT2D eigenvalue weighted by Gasteiger charge is -2.29. The maximum Gasteiger partial charge on any atom is 0.506 e. The fraction of sp³-hybridized carbons (Fsp3) is 0.900. The molecule has 1 aliphatic rings. The molecule has 0 aromatic carbocycles. The van der Waals surface area contributed by atoms with Gasteiger partial charge in [0.05, 0.1) is 0 Å². The third-order valence-electron chi connectivity index (χ3n) is 2.49. The van der Waals surface area contributed by atoms with Crippen LogP contribution in [0.25, 0.3) is 0 Å². The molecule has 2 atom stereocenters. The predicted molar refractivity (Wildman–Crippen MR) is 53.4 cm³/mol. The van der Waals surface area contributed by atoms with Gasteiger partial charge < -0.3 is 15.2 Å². The Morgan fingerprint density at radius 3 is 2.71 bits per heavy atom. The SMILES string of the molecule is CC(C)CC1CCC(OC(=O)O)CN1. The molecule has 0 aromatic rings. The van der Waals surface area contributed by atoms with E-state index in [0.29, 0.717) is 18.5 Å². The molecule has 0 bridgehead atoms. The molecule has 0 radical (unpaired) electrons. The largest absolute Gasteiger partial charge is 0.506 e. The van der Waals surface area contributed by atoms with Gasteiger partial charge in [-0.3, -0.25) is 0 Å². The maximum atomic E-state index is 10.3. The van der Waals surface area contributed by atoms with Crippen molar-refractivity contribution in [3.8, 4) is 0 Å². The van der Waals surface area contributed by atoms with Gasteiger partial charge in [0.25, 0.3) is 0 Å². The van der Waals surface area contributed by atoms with Crippen molar-refractivity contribution in [1.82, 2.24) is 5.32 Å². The number of hydrogen-bond acceptors (Lipinski definition) is 3.